The van der Waals surface area contributed by atoms with Crippen molar-refractivity contribution in [2.75, 3.05) is 25.0 Å². The molecule has 0 saturated carbocycles. The number of para-hydroxylation sites is 2. The summed E-state index contributed by atoms with van der Waals surface area (Å²) in [6.07, 6.45) is 1.22. The van der Waals surface area contributed by atoms with Gasteiger partial charge in [-0.3, -0.25) is 4.79 Å². The molecule has 3 rings (SSSR count). The highest BCUT2D eigenvalue weighted by atomic mass is 32.2. The van der Waals surface area contributed by atoms with Crippen molar-refractivity contribution in [2.24, 2.45) is 5.92 Å². The predicted octanol–water partition coefficient (Wildman–Crippen LogP) is 3.40. The molecule has 0 radical (unpaired) electrons. The van der Waals surface area contributed by atoms with Crippen LogP contribution in [0.25, 0.3) is 0 Å². The smallest absolute Gasteiger partial charge is 0.228 e. The van der Waals surface area contributed by atoms with Gasteiger partial charge >= 0.3 is 0 Å². The van der Waals surface area contributed by atoms with Crippen LogP contribution in [0.1, 0.15) is 25.3 Å². The van der Waals surface area contributed by atoms with Gasteiger partial charge in [-0.2, -0.15) is 0 Å². The Morgan fingerprint density at radius 3 is 2.66 bits per heavy atom. The lowest BCUT2D eigenvalue weighted by atomic mass is 9.98. The fourth-order valence-corrected chi connectivity index (χ4v) is 4.99. The Kier molecular flexibility index (Phi) is 6.87. The molecular weight excluding hydrogens is 395 g/mol. The number of carbonyl (C=O) groups is 1. The van der Waals surface area contributed by atoms with Crippen LogP contribution in [0.3, 0.4) is 0 Å². The Bertz CT molecular complexity index is 947. The van der Waals surface area contributed by atoms with Crippen LogP contribution in [0, 0.1) is 11.7 Å². The normalized spacial score (nSPS) is 17.7. The Labute approximate surface area is 170 Å². The molecule has 1 aliphatic heterocycles. The van der Waals surface area contributed by atoms with Crippen LogP contribution in [0.5, 0.6) is 5.75 Å². The largest absolute Gasteiger partial charge is 0.492 e. The first kappa shape index (κ1) is 21.3. The molecule has 1 aliphatic rings. The van der Waals surface area contributed by atoms with Crippen LogP contribution >= 0.6 is 0 Å². The molecule has 0 spiro atoms. The lowest BCUT2D eigenvalue weighted by molar-refractivity contribution is -0.120. The number of carbonyl (C=O) groups excluding carboxylic acids is 1. The van der Waals surface area contributed by atoms with Crippen molar-refractivity contribution >= 4 is 21.6 Å². The van der Waals surface area contributed by atoms with Crippen molar-refractivity contribution < 1.29 is 22.3 Å². The molecule has 2 aromatic rings. The number of rotatable bonds is 7. The number of nitrogens with one attached hydrogen (secondary N) is 1. The van der Waals surface area contributed by atoms with Crippen molar-refractivity contribution in [1.82, 2.24) is 4.31 Å². The summed E-state index contributed by atoms with van der Waals surface area (Å²) in [5.41, 5.74) is 1.09. The lowest BCUT2D eigenvalue weighted by Crippen LogP contribution is -2.44. The van der Waals surface area contributed by atoms with E-state index in [4.69, 9.17) is 4.74 Å². The summed E-state index contributed by atoms with van der Waals surface area (Å²) in [6, 6.07) is 12.6. The summed E-state index contributed by atoms with van der Waals surface area (Å²) in [4.78, 5) is 12.8. The van der Waals surface area contributed by atoms with E-state index in [0.29, 0.717) is 43.0 Å². The molecule has 8 heteroatoms. The summed E-state index contributed by atoms with van der Waals surface area (Å²) < 4.78 is 45.5. The average molecular weight is 421 g/mol. The summed E-state index contributed by atoms with van der Waals surface area (Å²) in [6.45, 7) is 2.85. The lowest BCUT2D eigenvalue weighted by Gasteiger charge is -2.31. The van der Waals surface area contributed by atoms with Crippen LogP contribution < -0.4 is 10.1 Å². The molecule has 1 fully saturated rings. The summed E-state index contributed by atoms with van der Waals surface area (Å²) in [5.74, 6) is -0.706. The van der Waals surface area contributed by atoms with Gasteiger partial charge in [0.2, 0.25) is 15.9 Å². The van der Waals surface area contributed by atoms with Gasteiger partial charge in [0, 0.05) is 13.1 Å². The number of amides is 1. The molecule has 156 valence electrons. The van der Waals surface area contributed by atoms with Gasteiger partial charge in [-0.15, -0.1) is 0 Å². The van der Waals surface area contributed by atoms with E-state index < -0.39 is 21.8 Å². The fraction of sp³-hybridized carbons (Fsp3) is 0.381. The van der Waals surface area contributed by atoms with Crippen LogP contribution in [-0.4, -0.2) is 38.3 Å². The zero-order valence-electron chi connectivity index (χ0n) is 16.3. The molecule has 1 saturated heterocycles. The van der Waals surface area contributed by atoms with Gasteiger partial charge in [-0.1, -0.05) is 24.3 Å². The molecule has 1 unspecified atom stereocenters. The Hall–Kier alpha value is -2.45. The fourth-order valence-electron chi connectivity index (χ4n) is 3.38. The Morgan fingerprint density at radius 2 is 1.93 bits per heavy atom. The van der Waals surface area contributed by atoms with E-state index in [9.17, 15) is 17.6 Å². The minimum Gasteiger partial charge on any atom is -0.492 e. The molecule has 0 aromatic heterocycles. The van der Waals surface area contributed by atoms with E-state index in [1.54, 1.807) is 18.2 Å². The quantitative estimate of drug-likeness (QED) is 0.745. The maximum atomic E-state index is 13.1. The number of nitrogens with zero attached hydrogens (tertiary/aromatic N) is 1. The van der Waals surface area contributed by atoms with Gasteiger partial charge in [-0.25, -0.2) is 17.1 Å². The molecule has 1 N–H and O–H groups in total. The van der Waals surface area contributed by atoms with Gasteiger partial charge < -0.3 is 10.1 Å². The highest BCUT2D eigenvalue weighted by molar-refractivity contribution is 7.88. The number of benzene rings is 2. The molecule has 2 aromatic carbocycles. The maximum Gasteiger partial charge on any atom is 0.228 e. The number of piperidine rings is 1. The first-order valence-corrected chi connectivity index (χ1v) is 11.2. The van der Waals surface area contributed by atoms with Crippen molar-refractivity contribution in [3.8, 4) is 5.75 Å². The Morgan fingerprint density at radius 1 is 1.21 bits per heavy atom. The van der Waals surface area contributed by atoms with Crippen molar-refractivity contribution in [3.63, 3.8) is 0 Å². The summed E-state index contributed by atoms with van der Waals surface area (Å²) in [5, 5.41) is 2.87. The second-order valence-corrected chi connectivity index (χ2v) is 8.97. The van der Waals surface area contributed by atoms with Crippen molar-refractivity contribution in [3.05, 3.63) is 59.9 Å². The number of hydrogen-bond acceptors (Lipinski definition) is 4. The molecule has 29 heavy (non-hydrogen) atoms. The Balaban J connectivity index is 1.66. The van der Waals surface area contributed by atoms with E-state index in [0.717, 1.165) is 0 Å². The maximum absolute atomic E-state index is 13.1. The topological polar surface area (TPSA) is 75.7 Å². The van der Waals surface area contributed by atoms with Crippen molar-refractivity contribution in [2.45, 2.75) is 25.5 Å². The number of anilines is 1. The molecule has 1 atom stereocenters. The second-order valence-electron chi connectivity index (χ2n) is 7.00. The van der Waals surface area contributed by atoms with Gasteiger partial charge in [0.05, 0.1) is 24.0 Å². The third-order valence-corrected chi connectivity index (χ3v) is 6.67. The minimum absolute atomic E-state index is 0.131. The summed E-state index contributed by atoms with van der Waals surface area (Å²) in [7, 11) is -3.60. The third kappa shape index (κ3) is 5.55. The van der Waals surface area contributed by atoms with E-state index in [2.05, 4.69) is 5.32 Å². The zero-order chi connectivity index (χ0) is 20.9. The van der Waals surface area contributed by atoms with Crippen LogP contribution in [0.4, 0.5) is 10.1 Å². The number of sulfonamides is 1. The van der Waals surface area contributed by atoms with Gasteiger partial charge in [0.15, 0.2) is 0 Å². The molecule has 1 amide bonds. The minimum atomic E-state index is -3.60. The standard InChI is InChI=1S/C21H25FN2O4S/c1-2-28-20-8-4-3-7-19(20)23-21(25)17-6-5-13-24(14-17)29(26,27)15-16-9-11-18(22)12-10-16/h3-4,7-12,17H,2,5-6,13-15H2,1H3,(H,23,25). The third-order valence-electron chi connectivity index (χ3n) is 4.86. The van der Waals surface area contributed by atoms with Crippen molar-refractivity contribution in [1.29, 1.82) is 0 Å². The monoisotopic (exact) mass is 420 g/mol. The van der Waals surface area contributed by atoms with Crippen LogP contribution in [0.15, 0.2) is 48.5 Å². The second kappa shape index (κ2) is 9.37. The summed E-state index contributed by atoms with van der Waals surface area (Å²) >= 11 is 0. The molecular formula is C21H25FN2O4S. The average Bonchev–Trinajstić information content (AvgIpc) is 2.71. The zero-order valence-corrected chi connectivity index (χ0v) is 17.1. The van der Waals surface area contributed by atoms with Gasteiger partial charge in [0.25, 0.3) is 0 Å². The highest BCUT2D eigenvalue weighted by Crippen LogP contribution is 2.27. The van der Waals surface area contributed by atoms with E-state index in [1.807, 2.05) is 13.0 Å². The van der Waals surface area contributed by atoms with Gasteiger partial charge in [-0.05, 0) is 49.6 Å². The van der Waals surface area contributed by atoms with Crippen LogP contribution in [-0.2, 0) is 20.6 Å². The molecule has 1 heterocycles. The number of halogens is 1. The van der Waals surface area contributed by atoms with E-state index >= 15 is 0 Å². The molecule has 0 aliphatic carbocycles. The van der Waals surface area contributed by atoms with Crippen LogP contribution in [0.2, 0.25) is 0 Å². The van der Waals surface area contributed by atoms with E-state index in [1.165, 1.54) is 28.6 Å². The SMILES string of the molecule is CCOc1ccccc1NC(=O)C1CCCN(S(=O)(=O)Cc2ccc(F)cc2)C1. The van der Waals surface area contributed by atoms with Gasteiger partial charge in [0.1, 0.15) is 11.6 Å². The first-order chi connectivity index (χ1) is 13.9. The molecule has 0 bridgehead atoms. The van der Waals surface area contributed by atoms with E-state index in [-0.39, 0.29) is 18.2 Å². The first-order valence-electron chi connectivity index (χ1n) is 9.64. The molecule has 6 nitrogen and oxygen atoms in total. The highest BCUT2D eigenvalue weighted by Gasteiger charge is 2.32. The number of ether oxygens (including phenoxy) is 1. The predicted molar refractivity (Wildman–Crippen MR) is 110 cm³/mol. The number of hydrogen-bond donors (Lipinski definition) is 1.